The van der Waals surface area contributed by atoms with Crippen LogP contribution < -0.4 is 15.4 Å². The minimum atomic E-state index is -3.39. The Morgan fingerprint density at radius 3 is 2.21 bits per heavy atom. The quantitative estimate of drug-likeness (QED) is 0.433. The van der Waals surface area contributed by atoms with Crippen molar-refractivity contribution in [3.63, 3.8) is 0 Å². The van der Waals surface area contributed by atoms with Crippen LogP contribution in [-0.2, 0) is 22.3 Å². The van der Waals surface area contributed by atoms with Gasteiger partial charge in [-0.25, -0.2) is 18.1 Å². The summed E-state index contributed by atoms with van der Waals surface area (Å²) >= 11 is 0. The van der Waals surface area contributed by atoms with Gasteiger partial charge in [0.05, 0.1) is 18.3 Å². The van der Waals surface area contributed by atoms with Gasteiger partial charge >= 0.3 is 0 Å². The molecule has 1 atom stereocenters. The van der Waals surface area contributed by atoms with Gasteiger partial charge in [0, 0.05) is 12.6 Å². The first-order valence-electron chi connectivity index (χ1n) is 9.97. The Labute approximate surface area is 174 Å². The van der Waals surface area contributed by atoms with Gasteiger partial charge in [0.25, 0.3) is 0 Å². The van der Waals surface area contributed by atoms with E-state index in [0.717, 1.165) is 17.7 Å². The maximum absolute atomic E-state index is 12.3. The zero-order valence-electron chi connectivity index (χ0n) is 17.6. The van der Waals surface area contributed by atoms with Gasteiger partial charge in [-0.15, -0.1) is 0 Å². The molecule has 0 bridgehead atoms. The van der Waals surface area contributed by atoms with Crippen LogP contribution in [0.15, 0.2) is 59.6 Å². The second-order valence-electron chi connectivity index (χ2n) is 7.27. The summed E-state index contributed by atoms with van der Waals surface area (Å²) in [5.74, 6) is 0.642. The normalized spacial score (nSPS) is 13.3. The van der Waals surface area contributed by atoms with Crippen LogP contribution in [0.25, 0.3) is 0 Å². The van der Waals surface area contributed by atoms with E-state index in [0.29, 0.717) is 12.5 Å². The average molecular weight is 417 g/mol. The molecule has 0 amide bonds. The van der Waals surface area contributed by atoms with Gasteiger partial charge < -0.3 is 10.6 Å². The highest BCUT2D eigenvalue weighted by molar-refractivity contribution is 7.88. The number of guanidine groups is 1. The van der Waals surface area contributed by atoms with Gasteiger partial charge in [-0.2, -0.15) is 0 Å². The lowest BCUT2D eigenvalue weighted by Crippen LogP contribution is -2.38. The van der Waals surface area contributed by atoms with E-state index in [9.17, 15) is 8.42 Å². The summed E-state index contributed by atoms with van der Waals surface area (Å²) in [4.78, 5) is 4.68. The number of nitrogens with zero attached hydrogens (tertiary/aromatic N) is 1. The van der Waals surface area contributed by atoms with Crippen molar-refractivity contribution in [3.8, 4) is 0 Å². The molecule has 0 radical (unpaired) electrons. The Morgan fingerprint density at radius 1 is 0.966 bits per heavy atom. The molecule has 7 heteroatoms. The molecule has 0 aromatic heterocycles. The molecule has 6 nitrogen and oxygen atoms in total. The standard InChI is InChI=1S/C22H32N4O2S/c1-5-23-22(25-18(4)19-11-7-6-8-12-19)24-15-20-13-9-10-14-21(20)16-29(27,28)26-17(2)3/h6-14,17-18,26H,5,15-16H2,1-4H3,(H2,23,24,25). The number of benzene rings is 2. The molecule has 0 spiro atoms. The van der Waals surface area contributed by atoms with Crippen LogP contribution in [-0.4, -0.2) is 27.0 Å². The van der Waals surface area contributed by atoms with Crippen molar-refractivity contribution in [2.45, 2.75) is 52.1 Å². The second-order valence-corrected chi connectivity index (χ2v) is 9.03. The number of hydrogen-bond acceptors (Lipinski definition) is 3. The Hall–Kier alpha value is -2.38. The van der Waals surface area contributed by atoms with Gasteiger partial charge in [0.15, 0.2) is 5.96 Å². The third kappa shape index (κ3) is 7.87. The molecule has 0 saturated heterocycles. The first kappa shape index (κ1) is 22.9. The lowest BCUT2D eigenvalue weighted by Gasteiger charge is -2.18. The number of hydrogen-bond donors (Lipinski definition) is 3. The molecule has 0 aliphatic carbocycles. The maximum atomic E-state index is 12.3. The lowest BCUT2D eigenvalue weighted by molar-refractivity contribution is 0.569. The summed E-state index contributed by atoms with van der Waals surface area (Å²) in [6.07, 6.45) is 0. The molecule has 29 heavy (non-hydrogen) atoms. The van der Waals surface area contributed by atoms with Crippen LogP contribution in [0.1, 0.15) is 50.4 Å². The average Bonchev–Trinajstić information content (AvgIpc) is 2.66. The molecule has 2 aromatic carbocycles. The Balaban J connectivity index is 2.15. The fourth-order valence-corrected chi connectivity index (χ4v) is 4.47. The first-order chi connectivity index (χ1) is 13.8. The second kappa shape index (κ2) is 11.0. The molecule has 158 valence electrons. The SMILES string of the molecule is CCNC(=NCc1ccccc1CS(=O)(=O)NC(C)C)NC(C)c1ccccc1. The van der Waals surface area contributed by atoms with Crippen LogP contribution in [0.3, 0.4) is 0 Å². The fourth-order valence-electron chi connectivity index (χ4n) is 2.97. The van der Waals surface area contributed by atoms with Crippen molar-refractivity contribution in [1.82, 2.24) is 15.4 Å². The number of aliphatic imine (C=N–C) groups is 1. The van der Waals surface area contributed by atoms with Crippen molar-refractivity contribution < 1.29 is 8.42 Å². The van der Waals surface area contributed by atoms with E-state index in [4.69, 9.17) is 0 Å². The highest BCUT2D eigenvalue weighted by atomic mass is 32.2. The van der Waals surface area contributed by atoms with E-state index in [1.165, 1.54) is 5.56 Å². The minimum absolute atomic E-state index is 0.0543. The molecule has 0 aliphatic heterocycles. The Morgan fingerprint density at radius 2 is 1.59 bits per heavy atom. The highest BCUT2D eigenvalue weighted by Gasteiger charge is 2.15. The lowest BCUT2D eigenvalue weighted by atomic mass is 10.1. The zero-order chi connectivity index (χ0) is 21.3. The van der Waals surface area contributed by atoms with E-state index in [-0.39, 0.29) is 17.8 Å². The van der Waals surface area contributed by atoms with Crippen LogP contribution >= 0.6 is 0 Å². The van der Waals surface area contributed by atoms with Crippen LogP contribution in [0.2, 0.25) is 0 Å². The molecule has 0 aliphatic rings. The van der Waals surface area contributed by atoms with Gasteiger partial charge in [0.1, 0.15) is 0 Å². The monoisotopic (exact) mass is 416 g/mol. The molecule has 0 heterocycles. The molecular formula is C22H32N4O2S. The molecular weight excluding hydrogens is 384 g/mol. The van der Waals surface area contributed by atoms with E-state index in [2.05, 4.69) is 39.4 Å². The topological polar surface area (TPSA) is 82.6 Å². The van der Waals surface area contributed by atoms with E-state index >= 15 is 0 Å². The first-order valence-corrected chi connectivity index (χ1v) is 11.6. The fraction of sp³-hybridized carbons (Fsp3) is 0.409. The number of sulfonamides is 1. The summed E-state index contributed by atoms with van der Waals surface area (Å²) in [5.41, 5.74) is 2.83. The van der Waals surface area contributed by atoms with E-state index < -0.39 is 10.0 Å². The van der Waals surface area contributed by atoms with Crippen LogP contribution in [0, 0.1) is 0 Å². The summed E-state index contributed by atoms with van der Waals surface area (Å²) in [5, 5.41) is 6.66. The molecule has 1 unspecified atom stereocenters. The number of nitrogens with one attached hydrogen (secondary N) is 3. The minimum Gasteiger partial charge on any atom is -0.357 e. The van der Waals surface area contributed by atoms with Crippen LogP contribution in [0.5, 0.6) is 0 Å². The molecule has 2 rings (SSSR count). The van der Waals surface area contributed by atoms with Gasteiger partial charge in [-0.05, 0) is 44.4 Å². The summed E-state index contributed by atoms with van der Waals surface area (Å²) in [7, 11) is -3.39. The van der Waals surface area contributed by atoms with Crippen LogP contribution in [0.4, 0.5) is 0 Å². The van der Waals surface area contributed by atoms with Gasteiger partial charge in [-0.1, -0.05) is 54.6 Å². The van der Waals surface area contributed by atoms with Crippen molar-refractivity contribution in [3.05, 3.63) is 71.3 Å². The molecule has 3 N–H and O–H groups in total. The van der Waals surface area contributed by atoms with E-state index in [1.54, 1.807) is 0 Å². The third-order valence-corrected chi connectivity index (χ3v) is 5.81. The largest absolute Gasteiger partial charge is 0.357 e. The third-order valence-electron chi connectivity index (χ3n) is 4.28. The van der Waals surface area contributed by atoms with Crippen molar-refractivity contribution in [1.29, 1.82) is 0 Å². The molecule has 0 fully saturated rings. The van der Waals surface area contributed by atoms with Gasteiger partial charge in [0.2, 0.25) is 10.0 Å². The van der Waals surface area contributed by atoms with Gasteiger partial charge in [-0.3, -0.25) is 0 Å². The summed E-state index contributed by atoms with van der Waals surface area (Å²) in [6, 6.07) is 17.7. The summed E-state index contributed by atoms with van der Waals surface area (Å²) in [6.45, 7) is 8.86. The highest BCUT2D eigenvalue weighted by Crippen LogP contribution is 2.14. The van der Waals surface area contributed by atoms with Crippen molar-refractivity contribution in [2.24, 2.45) is 4.99 Å². The Kier molecular flexibility index (Phi) is 8.67. The summed E-state index contributed by atoms with van der Waals surface area (Å²) < 4.78 is 27.3. The smallest absolute Gasteiger partial charge is 0.216 e. The zero-order valence-corrected chi connectivity index (χ0v) is 18.5. The predicted octanol–water partition coefficient (Wildman–Crippen LogP) is 3.33. The molecule has 0 saturated carbocycles. The molecule has 2 aromatic rings. The number of rotatable bonds is 9. The maximum Gasteiger partial charge on any atom is 0.216 e. The predicted molar refractivity (Wildman–Crippen MR) is 120 cm³/mol. The van der Waals surface area contributed by atoms with Crippen molar-refractivity contribution in [2.75, 3.05) is 6.54 Å². The Bertz CT molecular complexity index is 896. The van der Waals surface area contributed by atoms with Crippen molar-refractivity contribution >= 4 is 16.0 Å². The van der Waals surface area contributed by atoms with E-state index in [1.807, 2.05) is 63.2 Å².